The molecular weight excluding hydrogens is 1150 g/mol. The number of sulfone groups is 2. The summed E-state index contributed by atoms with van der Waals surface area (Å²) < 4.78 is 111. The molecule has 5 atom stereocenters. The number of carboxylic acid groups (broad SMARTS) is 1. The van der Waals surface area contributed by atoms with Gasteiger partial charge in [0.05, 0.1) is 171 Å². The molecule has 0 aliphatic carbocycles. The summed E-state index contributed by atoms with van der Waals surface area (Å²) in [5, 5.41) is 47.5. The van der Waals surface area contributed by atoms with Crippen LogP contribution in [0.15, 0.2) is 12.4 Å². The van der Waals surface area contributed by atoms with Gasteiger partial charge in [-0.15, -0.1) is 10.2 Å². The van der Waals surface area contributed by atoms with E-state index >= 15 is 0 Å². The second-order valence-corrected chi connectivity index (χ2v) is 25.6. The van der Waals surface area contributed by atoms with Gasteiger partial charge in [-0.1, -0.05) is 51.5 Å². The largest absolute Gasteiger partial charge is 0.481 e. The zero-order valence-electron chi connectivity index (χ0n) is 50.3. The van der Waals surface area contributed by atoms with Crippen molar-refractivity contribution in [3.8, 4) is 0 Å². The Kier molecular flexibility index (Phi) is 37.2. The van der Waals surface area contributed by atoms with Gasteiger partial charge in [-0.3, -0.25) is 24.2 Å². The number of carbonyl (C=O) groups excluding carboxylic acids is 2. The molecule has 0 amide bonds. The first kappa shape index (κ1) is 74.3. The molecule has 2 aromatic rings. The average molecular weight is 1250 g/mol. The number of aliphatic carboxylic acids is 1. The van der Waals surface area contributed by atoms with Gasteiger partial charge in [-0.2, -0.15) is 0 Å². The third kappa shape index (κ3) is 33.3. The van der Waals surface area contributed by atoms with Crippen LogP contribution in [0.25, 0.3) is 0 Å². The van der Waals surface area contributed by atoms with Crippen molar-refractivity contribution in [1.29, 1.82) is 0 Å². The maximum Gasteiger partial charge on any atom is 0.308 e. The van der Waals surface area contributed by atoms with Crippen molar-refractivity contribution < 1.29 is 98.6 Å². The molecule has 31 heteroatoms. The maximum atomic E-state index is 12.6. The van der Waals surface area contributed by atoms with Gasteiger partial charge in [0.2, 0.25) is 0 Å². The number of carbonyl (C=O) groups is 3. The first-order valence-corrected chi connectivity index (χ1v) is 32.6. The molecule has 486 valence electrons. The molecule has 84 heavy (non-hydrogen) atoms. The molecule has 0 bridgehead atoms. The van der Waals surface area contributed by atoms with Crippen LogP contribution < -0.4 is 0 Å². The van der Waals surface area contributed by atoms with E-state index in [1.807, 2.05) is 36.0 Å². The molecule has 0 saturated carbocycles. The summed E-state index contributed by atoms with van der Waals surface area (Å²) in [6.07, 6.45) is -2.74. The number of hydrogen-bond acceptors (Lipinski definition) is 26. The number of carboxylic acids is 1. The van der Waals surface area contributed by atoms with E-state index in [9.17, 15) is 46.5 Å². The Morgan fingerprint density at radius 1 is 0.536 bits per heavy atom. The summed E-state index contributed by atoms with van der Waals surface area (Å²) in [6, 6.07) is 0. The molecule has 2 fully saturated rings. The quantitative estimate of drug-likeness (QED) is 0.0455. The summed E-state index contributed by atoms with van der Waals surface area (Å²) in [7, 11) is -5.89. The van der Waals surface area contributed by atoms with Crippen molar-refractivity contribution in [3.05, 3.63) is 23.8 Å². The lowest BCUT2D eigenvalue weighted by Crippen LogP contribution is -2.53. The molecule has 4 rings (SSSR count). The fourth-order valence-electron chi connectivity index (χ4n) is 7.60. The van der Waals surface area contributed by atoms with Crippen molar-refractivity contribution in [3.63, 3.8) is 0 Å². The van der Waals surface area contributed by atoms with E-state index in [0.717, 1.165) is 17.3 Å². The standard InChI is InChI=1S/C48H84N8O21S2.C5H12/c1-37(2)39(4)77-44(38(3)47(59)60)45(75-13-5-42(57)73-27-25-71-23-21-69-19-17-67-15-7-55-35-40(49-51-55)33-53-9-29-78(63,64)30-10-53)46(48(61)62)76-14-6-43(58)74-28-26-72-24-22-70-20-18-68-16-8-56-36-41(50-52-56)34-54-11-31-79(65,66)32-12-54;1-4-5(2)3/h35-39,44-46,48,61-62H,5-34H2,1-4H3,(H,59,60);5H,4H2,1-3H3. The minimum Gasteiger partial charge on any atom is -0.481 e. The Labute approximate surface area is 495 Å². The number of nitrogens with zero attached hydrogens (tertiary/aromatic N) is 8. The molecule has 4 heterocycles. The van der Waals surface area contributed by atoms with E-state index in [1.54, 1.807) is 16.3 Å². The zero-order valence-corrected chi connectivity index (χ0v) is 51.9. The molecule has 2 aromatic heterocycles. The SMILES string of the molecule is CC(C)C(C)OC(C(C)C(=O)O)C(OCCC(=O)OCCOCCOCCOCCn1cc(CN2CCS(=O)(=O)CC2)nn1)C(OCCC(=O)OCCOCCOCCOCCn1cc(CN2CCS(=O)(=O)CC2)nn1)C(O)O.CCC(C)C. The molecule has 0 radical (unpaired) electrons. The number of aliphatic hydroxyl groups is 2. The van der Waals surface area contributed by atoms with Gasteiger partial charge in [0.1, 0.15) is 25.4 Å². The first-order chi connectivity index (χ1) is 40.1. The average Bonchev–Trinajstić information content (AvgIpc) is 4.12. The van der Waals surface area contributed by atoms with Gasteiger partial charge in [-0.05, 0) is 25.7 Å². The van der Waals surface area contributed by atoms with Gasteiger partial charge in [-0.25, -0.2) is 26.2 Å². The van der Waals surface area contributed by atoms with Crippen LogP contribution in [-0.4, -0.2) is 275 Å². The van der Waals surface area contributed by atoms with Crippen LogP contribution in [0, 0.1) is 17.8 Å². The summed E-state index contributed by atoms with van der Waals surface area (Å²) in [6.45, 7) is 19.9. The number of aliphatic hydroxyl groups excluding tert-OH is 1. The van der Waals surface area contributed by atoms with E-state index in [1.165, 1.54) is 13.3 Å². The van der Waals surface area contributed by atoms with E-state index < -0.39 is 74.2 Å². The Morgan fingerprint density at radius 2 is 0.893 bits per heavy atom. The van der Waals surface area contributed by atoms with Crippen LogP contribution in [0.5, 0.6) is 0 Å². The van der Waals surface area contributed by atoms with Gasteiger partial charge < -0.3 is 67.4 Å². The smallest absolute Gasteiger partial charge is 0.308 e. The molecule has 29 nitrogen and oxygen atoms in total. The number of hydrogen-bond donors (Lipinski definition) is 3. The van der Waals surface area contributed by atoms with E-state index in [2.05, 4.69) is 41.4 Å². The van der Waals surface area contributed by atoms with Crippen LogP contribution in [-0.2, 0) is 112 Å². The molecule has 0 aromatic carbocycles. The number of esters is 2. The normalized spacial score (nSPS) is 17.4. The number of ether oxygens (including phenoxy) is 11. The molecule has 2 saturated heterocycles. The second-order valence-electron chi connectivity index (χ2n) is 21.0. The number of aromatic nitrogens is 6. The topological polar surface area (TPSA) is 350 Å². The summed E-state index contributed by atoms with van der Waals surface area (Å²) in [5.41, 5.74) is 1.52. The van der Waals surface area contributed by atoms with Crippen LogP contribution in [0.4, 0.5) is 0 Å². The minimum absolute atomic E-state index is 0.0727. The summed E-state index contributed by atoms with van der Waals surface area (Å²) >= 11 is 0. The lowest BCUT2D eigenvalue weighted by Gasteiger charge is -2.38. The van der Waals surface area contributed by atoms with Crippen LogP contribution >= 0.6 is 0 Å². The van der Waals surface area contributed by atoms with Crippen molar-refractivity contribution in [2.75, 3.05) is 155 Å². The predicted octanol–water partition coefficient (Wildman–Crippen LogP) is 0.281. The number of rotatable bonds is 45. The van der Waals surface area contributed by atoms with Crippen molar-refractivity contribution in [2.45, 2.75) is 125 Å². The molecule has 0 spiro atoms. The van der Waals surface area contributed by atoms with Gasteiger partial charge in [0, 0.05) is 51.7 Å². The zero-order chi connectivity index (χ0) is 61.8. The second kappa shape index (κ2) is 42.0. The lowest BCUT2D eigenvalue weighted by atomic mass is 9.94. The third-order valence-corrected chi connectivity index (χ3v) is 16.6. The van der Waals surface area contributed by atoms with Gasteiger partial charge >= 0.3 is 17.9 Å². The fourth-order valence-corrected chi connectivity index (χ4v) is 10.2. The molecule has 5 unspecified atom stereocenters. The minimum atomic E-state index is -2.95. The highest BCUT2D eigenvalue weighted by Gasteiger charge is 2.42. The van der Waals surface area contributed by atoms with Crippen LogP contribution in [0.2, 0.25) is 0 Å². The molecule has 2 aliphatic heterocycles. The molecule has 3 N–H and O–H groups in total. The van der Waals surface area contributed by atoms with Gasteiger partial charge in [0.15, 0.2) is 26.0 Å². The van der Waals surface area contributed by atoms with Crippen LogP contribution in [0.1, 0.15) is 79.1 Å². The van der Waals surface area contributed by atoms with Crippen molar-refractivity contribution in [2.24, 2.45) is 17.8 Å². The predicted molar refractivity (Wildman–Crippen MR) is 303 cm³/mol. The highest BCUT2D eigenvalue weighted by Crippen LogP contribution is 2.25. The summed E-state index contributed by atoms with van der Waals surface area (Å²) in [4.78, 5) is 41.6. The van der Waals surface area contributed by atoms with E-state index in [-0.39, 0.29) is 108 Å². The molecular formula is C53H96N8O21S2. The Morgan fingerprint density at radius 3 is 1.24 bits per heavy atom. The maximum absolute atomic E-state index is 12.6. The van der Waals surface area contributed by atoms with Gasteiger partial charge in [0.25, 0.3) is 0 Å². The monoisotopic (exact) mass is 1240 g/mol. The lowest BCUT2D eigenvalue weighted by molar-refractivity contribution is -0.231. The molecule has 2 aliphatic rings. The van der Waals surface area contributed by atoms with E-state index in [0.29, 0.717) is 92.0 Å². The fraction of sp³-hybridized carbons (Fsp3) is 0.868. The van der Waals surface area contributed by atoms with Crippen molar-refractivity contribution >= 4 is 37.6 Å². The Hall–Kier alpha value is -3.93. The Bertz CT molecular complexity index is 2300. The first-order valence-electron chi connectivity index (χ1n) is 29.0. The summed E-state index contributed by atoms with van der Waals surface area (Å²) in [5.74, 6) is -2.41. The van der Waals surface area contributed by atoms with Crippen LogP contribution in [0.3, 0.4) is 0 Å². The van der Waals surface area contributed by atoms with Crippen molar-refractivity contribution in [1.82, 2.24) is 39.8 Å². The Balaban J connectivity index is 0.00000354. The highest BCUT2D eigenvalue weighted by molar-refractivity contribution is 7.91. The third-order valence-electron chi connectivity index (χ3n) is 13.4. The van der Waals surface area contributed by atoms with E-state index in [4.69, 9.17) is 52.1 Å². The highest BCUT2D eigenvalue weighted by atomic mass is 32.2.